The Hall–Kier alpha value is -3.33. The number of allylic oxidation sites excluding steroid dienone is 1. The van der Waals surface area contributed by atoms with Crippen LogP contribution in [0, 0.1) is 13.8 Å². The van der Waals surface area contributed by atoms with Gasteiger partial charge in [-0.05, 0) is 58.0 Å². The number of nitrogen functional groups attached to an aromatic ring is 2. The molecular formula is C29H41N3. The van der Waals surface area contributed by atoms with Gasteiger partial charge in [-0.25, -0.2) is 4.98 Å². The molecule has 1 aromatic heterocycles. The van der Waals surface area contributed by atoms with Gasteiger partial charge >= 0.3 is 0 Å². The molecule has 0 aliphatic rings. The van der Waals surface area contributed by atoms with Crippen LogP contribution in [0.25, 0.3) is 21.8 Å². The van der Waals surface area contributed by atoms with Crippen LogP contribution in [-0.2, 0) is 0 Å². The standard InChI is InChI=1S/C13H11N3.C8H10.C4H8.2C2H6/c14-10-3-1-8-5-9-2-4-11(15)7-13(9)16-12(8)6-10;1-7-4-3-5-8(2)6-7;1-4(2)3;2*1-2/h1-7H,14-15H2;3-6H,1-2H3;1H2,2-3H3;2*1-2H3. The van der Waals surface area contributed by atoms with E-state index in [9.17, 15) is 0 Å². The number of hydrogen-bond donors (Lipinski definition) is 2. The summed E-state index contributed by atoms with van der Waals surface area (Å²) >= 11 is 0. The number of benzene rings is 3. The van der Waals surface area contributed by atoms with E-state index in [1.165, 1.54) is 16.7 Å². The maximum Gasteiger partial charge on any atom is 0.0730 e. The van der Waals surface area contributed by atoms with Gasteiger partial charge in [-0.2, -0.15) is 0 Å². The monoisotopic (exact) mass is 431 g/mol. The van der Waals surface area contributed by atoms with E-state index in [4.69, 9.17) is 11.5 Å². The fraction of sp³-hybridized carbons (Fsp3) is 0.276. The molecule has 0 amide bonds. The number of pyridine rings is 1. The lowest BCUT2D eigenvalue weighted by molar-refractivity contribution is 1.39. The second-order valence-corrected chi connectivity index (χ2v) is 7.26. The van der Waals surface area contributed by atoms with E-state index in [-0.39, 0.29) is 0 Å². The Bertz CT molecular complexity index is 1020. The van der Waals surface area contributed by atoms with Gasteiger partial charge in [0.25, 0.3) is 0 Å². The number of nitrogens with two attached hydrogens (primary N) is 2. The van der Waals surface area contributed by atoms with Crippen molar-refractivity contribution in [2.24, 2.45) is 0 Å². The first-order chi connectivity index (χ1) is 15.2. The van der Waals surface area contributed by atoms with Gasteiger partial charge in [-0.15, -0.1) is 6.58 Å². The van der Waals surface area contributed by atoms with Crippen LogP contribution in [0.15, 0.2) is 78.9 Å². The Morgan fingerprint density at radius 1 is 0.656 bits per heavy atom. The van der Waals surface area contributed by atoms with Crippen molar-refractivity contribution in [2.75, 3.05) is 11.5 Å². The Labute approximate surface area is 195 Å². The van der Waals surface area contributed by atoms with Gasteiger partial charge in [0.1, 0.15) is 0 Å². The average Bonchev–Trinajstić information content (AvgIpc) is 2.75. The summed E-state index contributed by atoms with van der Waals surface area (Å²) in [5.74, 6) is 0. The van der Waals surface area contributed by atoms with E-state index in [0.717, 1.165) is 33.2 Å². The maximum atomic E-state index is 5.73. The Morgan fingerprint density at radius 2 is 1.03 bits per heavy atom. The summed E-state index contributed by atoms with van der Waals surface area (Å²) in [7, 11) is 0. The van der Waals surface area contributed by atoms with E-state index in [0.29, 0.717) is 0 Å². The van der Waals surface area contributed by atoms with Crippen molar-refractivity contribution in [3.05, 3.63) is 90.0 Å². The molecular weight excluding hydrogens is 390 g/mol. The van der Waals surface area contributed by atoms with Crippen LogP contribution in [0.1, 0.15) is 52.7 Å². The topological polar surface area (TPSA) is 64.9 Å². The predicted octanol–water partition coefficient (Wildman–Crippen LogP) is 8.49. The summed E-state index contributed by atoms with van der Waals surface area (Å²) in [6.45, 7) is 19.7. The van der Waals surface area contributed by atoms with Gasteiger partial charge in [0.05, 0.1) is 11.0 Å². The molecule has 3 aromatic carbocycles. The maximum absolute atomic E-state index is 5.73. The average molecular weight is 432 g/mol. The van der Waals surface area contributed by atoms with Crippen molar-refractivity contribution in [1.29, 1.82) is 0 Å². The number of hydrogen-bond acceptors (Lipinski definition) is 3. The summed E-state index contributed by atoms with van der Waals surface area (Å²) in [4.78, 5) is 4.54. The number of rotatable bonds is 0. The van der Waals surface area contributed by atoms with E-state index in [1.54, 1.807) is 0 Å². The lowest BCUT2D eigenvalue weighted by Gasteiger charge is -2.03. The Kier molecular flexibility index (Phi) is 13.9. The van der Waals surface area contributed by atoms with Gasteiger partial charge in [-0.1, -0.05) is 80.8 Å². The van der Waals surface area contributed by atoms with Gasteiger partial charge in [0.2, 0.25) is 0 Å². The minimum atomic E-state index is 0.725. The quantitative estimate of drug-likeness (QED) is 0.167. The van der Waals surface area contributed by atoms with Crippen molar-refractivity contribution >= 4 is 33.2 Å². The number of nitrogens with zero attached hydrogens (tertiary/aromatic N) is 1. The lowest BCUT2D eigenvalue weighted by atomic mass is 10.1. The smallest absolute Gasteiger partial charge is 0.0730 e. The van der Waals surface area contributed by atoms with Crippen molar-refractivity contribution in [3.8, 4) is 0 Å². The summed E-state index contributed by atoms with van der Waals surface area (Å²) in [5.41, 5.74) is 18.6. The second kappa shape index (κ2) is 15.5. The molecule has 3 nitrogen and oxygen atoms in total. The summed E-state index contributed by atoms with van der Waals surface area (Å²) in [6, 6.07) is 22.0. The van der Waals surface area contributed by atoms with Crippen molar-refractivity contribution in [3.63, 3.8) is 0 Å². The lowest BCUT2D eigenvalue weighted by Crippen LogP contribution is -1.89. The minimum Gasteiger partial charge on any atom is -0.399 e. The molecule has 172 valence electrons. The molecule has 0 unspecified atom stereocenters. The Morgan fingerprint density at radius 3 is 1.34 bits per heavy atom. The van der Waals surface area contributed by atoms with Crippen LogP contribution in [0.3, 0.4) is 0 Å². The zero-order chi connectivity index (χ0) is 24.7. The van der Waals surface area contributed by atoms with Crippen LogP contribution in [0.4, 0.5) is 11.4 Å². The summed E-state index contributed by atoms with van der Waals surface area (Å²) in [5, 5.41) is 2.18. The van der Waals surface area contributed by atoms with Gasteiger partial charge < -0.3 is 11.5 Å². The van der Waals surface area contributed by atoms with Crippen molar-refractivity contribution < 1.29 is 0 Å². The molecule has 1 heterocycles. The van der Waals surface area contributed by atoms with Crippen molar-refractivity contribution in [1.82, 2.24) is 4.98 Å². The highest BCUT2D eigenvalue weighted by Crippen LogP contribution is 2.22. The van der Waals surface area contributed by atoms with E-state index >= 15 is 0 Å². The first-order valence-corrected chi connectivity index (χ1v) is 11.3. The number of fused-ring (bicyclic) bond motifs is 2. The second-order valence-electron chi connectivity index (χ2n) is 7.26. The SMILES string of the molecule is C=C(C)C.CC.CC.Cc1cccc(C)c1.Nc1ccc2cc3ccc(N)cc3nc2c1. The molecule has 0 aliphatic heterocycles. The predicted molar refractivity (Wildman–Crippen MR) is 147 cm³/mol. The summed E-state index contributed by atoms with van der Waals surface area (Å²) < 4.78 is 0. The molecule has 0 radical (unpaired) electrons. The van der Waals surface area contributed by atoms with Gasteiger partial charge in [-0.3, -0.25) is 0 Å². The van der Waals surface area contributed by atoms with E-state index in [2.05, 4.69) is 55.7 Å². The molecule has 4 N–H and O–H groups in total. The molecule has 0 saturated carbocycles. The molecule has 0 aliphatic carbocycles. The first kappa shape index (κ1) is 28.7. The van der Waals surface area contributed by atoms with Gasteiger partial charge in [0.15, 0.2) is 0 Å². The third-order valence-electron chi connectivity index (χ3n) is 3.83. The minimum absolute atomic E-state index is 0.725. The molecule has 0 saturated heterocycles. The van der Waals surface area contributed by atoms with Crippen LogP contribution < -0.4 is 11.5 Å². The Balaban J connectivity index is 0.000000506. The zero-order valence-electron chi connectivity index (χ0n) is 21.2. The molecule has 4 rings (SSSR count). The van der Waals surface area contributed by atoms with Gasteiger partial charge in [0, 0.05) is 22.1 Å². The molecule has 0 atom stereocenters. The molecule has 0 fully saturated rings. The fourth-order valence-corrected chi connectivity index (χ4v) is 2.66. The number of aromatic nitrogens is 1. The third kappa shape index (κ3) is 10.6. The highest BCUT2D eigenvalue weighted by Gasteiger charge is 2.00. The normalized spacial score (nSPS) is 9.00. The van der Waals surface area contributed by atoms with E-state index in [1.807, 2.05) is 77.9 Å². The summed E-state index contributed by atoms with van der Waals surface area (Å²) in [6.07, 6.45) is 0. The van der Waals surface area contributed by atoms with Crippen molar-refractivity contribution in [2.45, 2.75) is 55.4 Å². The fourth-order valence-electron chi connectivity index (χ4n) is 2.66. The van der Waals surface area contributed by atoms with Crippen LogP contribution in [-0.4, -0.2) is 4.98 Å². The highest BCUT2D eigenvalue weighted by molar-refractivity contribution is 5.94. The largest absolute Gasteiger partial charge is 0.399 e. The molecule has 0 bridgehead atoms. The molecule has 0 spiro atoms. The third-order valence-corrected chi connectivity index (χ3v) is 3.83. The molecule has 3 heteroatoms. The number of anilines is 2. The van der Waals surface area contributed by atoms with Crippen LogP contribution >= 0.6 is 0 Å². The first-order valence-electron chi connectivity index (χ1n) is 11.3. The molecule has 32 heavy (non-hydrogen) atoms. The molecule has 4 aromatic rings. The zero-order valence-corrected chi connectivity index (χ0v) is 21.2. The highest BCUT2D eigenvalue weighted by atomic mass is 14.7. The van der Waals surface area contributed by atoms with Crippen LogP contribution in [0.5, 0.6) is 0 Å². The number of aryl methyl sites for hydroxylation is 2. The van der Waals surface area contributed by atoms with Crippen LogP contribution in [0.2, 0.25) is 0 Å². The van der Waals surface area contributed by atoms with E-state index < -0.39 is 0 Å².